The van der Waals surface area contributed by atoms with Gasteiger partial charge in [0.15, 0.2) is 5.60 Å². The van der Waals surface area contributed by atoms with Gasteiger partial charge in [0.2, 0.25) is 5.91 Å². The molecule has 1 atom stereocenters. The molecular formula is C25H30N2O6. The van der Waals surface area contributed by atoms with Crippen LogP contribution in [0.15, 0.2) is 48.5 Å². The van der Waals surface area contributed by atoms with Gasteiger partial charge in [-0.1, -0.05) is 62.4 Å². The molecule has 0 saturated heterocycles. The fourth-order valence-electron chi connectivity index (χ4n) is 3.87. The number of alkyl carbamates (subject to hydrolysis) is 1. The number of ether oxygens (including phenoxy) is 1. The van der Waals surface area contributed by atoms with Crippen molar-refractivity contribution in [3.63, 3.8) is 0 Å². The van der Waals surface area contributed by atoms with Crippen LogP contribution in [0.5, 0.6) is 0 Å². The minimum Gasteiger partial charge on any atom is -0.479 e. The summed E-state index contributed by atoms with van der Waals surface area (Å²) in [7, 11) is 0. The fraction of sp³-hybridized carbons (Fsp3) is 0.400. The number of hydrogen-bond donors (Lipinski definition) is 4. The molecule has 8 heteroatoms. The van der Waals surface area contributed by atoms with Gasteiger partial charge in [0.1, 0.15) is 6.61 Å². The Hall–Kier alpha value is -3.39. The van der Waals surface area contributed by atoms with Crippen LogP contribution in [0.4, 0.5) is 4.79 Å². The van der Waals surface area contributed by atoms with Gasteiger partial charge in [0.25, 0.3) is 0 Å². The van der Waals surface area contributed by atoms with Crippen LogP contribution in [0.25, 0.3) is 11.1 Å². The predicted octanol–water partition coefficient (Wildman–Crippen LogP) is 2.89. The average molecular weight is 455 g/mol. The predicted molar refractivity (Wildman–Crippen MR) is 123 cm³/mol. The van der Waals surface area contributed by atoms with Gasteiger partial charge in [-0.05, 0) is 34.6 Å². The monoisotopic (exact) mass is 454 g/mol. The molecule has 1 aliphatic rings. The third-order valence-electron chi connectivity index (χ3n) is 5.78. The smallest absolute Gasteiger partial charge is 0.407 e. The van der Waals surface area contributed by atoms with Gasteiger partial charge >= 0.3 is 12.1 Å². The minimum absolute atomic E-state index is 0.0341. The number of carboxylic acid groups (broad SMARTS) is 1. The molecule has 0 spiro atoms. The van der Waals surface area contributed by atoms with Gasteiger partial charge in [0, 0.05) is 18.9 Å². The molecule has 0 aromatic heterocycles. The van der Waals surface area contributed by atoms with Crippen LogP contribution in [-0.2, 0) is 14.3 Å². The van der Waals surface area contributed by atoms with E-state index in [1.807, 2.05) is 36.4 Å². The Morgan fingerprint density at radius 2 is 1.45 bits per heavy atom. The lowest BCUT2D eigenvalue weighted by atomic mass is 9.89. The van der Waals surface area contributed by atoms with Gasteiger partial charge < -0.3 is 25.6 Å². The topological polar surface area (TPSA) is 125 Å². The molecule has 2 aromatic carbocycles. The molecule has 1 unspecified atom stereocenters. The zero-order chi connectivity index (χ0) is 24.2. The first kappa shape index (κ1) is 24.3. The van der Waals surface area contributed by atoms with E-state index in [2.05, 4.69) is 22.8 Å². The number of hydrogen-bond acceptors (Lipinski definition) is 5. The Bertz CT molecular complexity index is 1000. The lowest BCUT2D eigenvalue weighted by Crippen LogP contribution is -2.47. The van der Waals surface area contributed by atoms with Crippen molar-refractivity contribution in [2.24, 2.45) is 5.41 Å². The summed E-state index contributed by atoms with van der Waals surface area (Å²) < 4.78 is 5.51. The highest BCUT2D eigenvalue weighted by Crippen LogP contribution is 2.44. The molecule has 2 amide bonds. The molecule has 0 aliphatic heterocycles. The van der Waals surface area contributed by atoms with Crippen molar-refractivity contribution in [1.82, 2.24) is 10.6 Å². The number of amides is 2. The van der Waals surface area contributed by atoms with Gasteiger partial charge in [-0.15, -0.1) is 0 Å². The summed E-state index contributed by atoms with van der Waals surface area (Å²) in [4.78, 5) is 35.4. The third-order valence-corrected chi connectivity index (χ3v) is 5.78. The second-order valence-corrected chi connectivity index (χ2v) is 9.38. The van der Waals surface area contributed by atoms with E-state index in [-0.39, 0.29) is 25.5 Å². The molecule has 8 nitrogen and oxygen atoms in total. The quantitative estimate of drug-likeness (QED) is 0.462. The van der Waals surface area contributed by atoms with Crippen molar-refractivity contribution in [3.8, 4) is 11.1 Å². The number of aliphatic carboxylic acids is 1. The summed E-state index contributed by atoms with van der Waals surface area (Å²) in [5.74, 6) is -1.88. The number of carboxylic acids is 1. The summed E-state index contributed by atoms with van der Waals surface area (Å²) in [6, 6.07) is 16.2. The number of rotatable bonds is 9. The summed E-state index contributed by atoms with van der Waals surface area (Å²) in [5, 5.41) is 23.7. The minimum atomic E-state index is -2.04. The standard InChI is InChI=1S/C25H30N2O6/c1-24(2,12-21(28)26-15-25(3,32)22(29)30)14-27-23(31)33-13-20-18-10-6-4-8-16(18)17-9-5-7-11-19(17)20/h4-11,20,32H,12-15H2,1-3H3,(H,26,28)(H,27,31)(H,29,30). The lowest BCUT2D eigenvalue weighted by Gasteiger charge is -2.25. The molecule has 0 fully saturated rings. The summed E-state index contributed by atoms with van der Waals surface area (Å²) in [6.45, 7) is 4.69. The van der Waals surface area contributed by atoms with Crippen molar-refractivity contribution >= 4 is 18.0 Å². The lowest BCUT2D eigenvalue weighted by molar-refractivity contribution is -0.156. The Labute approximate surface area is 193 Å². The fourth-order valence-corrected chi connectivity index (χ4v) is 3.87. The molecule has 0 bridgehead atoms. The van der Waals surface area contributed by atoms with Crippen LogP contribution in [0.3, 0.4) is 0 Å². The normalized spacial score (nSPS) is 14.5. The molecule has 4 N–H and O–H groups in total. The Morgan fingerprint density at radius 3 is 2.00 bits per heavy atom. The van der Waals surface area contributed by atoms with E-state index in [1.54, 1.807) is 13.8 Å². The second kappa shape index (κ2) is 9.62. The third kappa shape index (κ3) is 5.90. The van der Waals surface area contributed by atoms with E-state index >= 15 is 0 Å². The summed E-state index contributed by atoms with van der Waals surface area (Å²) >= 11 is 0. The molecule has 2 aromatic rings. The number of fused-ring (bicyclic) bond motifs is 3. The van der Waals surface area contributed by atoms with Crippen LogP contribution in [0, 0.1) is 5.41 Å². The van der Waals surface area contributed by atoms with Crippen molar-refractivity contribution in [1.29, 1.82) is 0 Å². The number of aliphatic hydroxyl groups is 1. The van der Waals surface area contributed by atoms with Crippen LogP contribution in [0.1, 0.15) is 44.2 Å². The van der Waals surface area contributed by atoms with Crippen molar-refractivity contribution in [3.05, 3.63) is 59.7 Å². The van der Waals surface area contributed by atoms with Crippen LogP contribution in [-0.4, -0.2) is 53.5 Å². The van der Waals surface area contributed by atoms with Crippen LogP contribution < -0.4 is 10.6 Å². The van der Waals surface area contributed by atoms with Gasteiger partial charge in [-0.2, -0.15) is 0 Å². The Balaban J connectivity index is 1.49. The van der Waals surface area contributed by atoms with Gasteiger partial charge in [-0.3, -0.25) is 4.79 Å². The zero-order valence-corrected chi connectivity index (χ0v) is 19.1. The first-order valence-electron chi connectivity index (χ1n) is 10.8. The average Bonchev–Trinajstić information content (AvgIpc) is 3.08. The van der Waals surface area contributed by atoms with E-state index in [4.69, 9.17) is 9.84 Å². The highest BCUT2D eigenvalue weighted by Gasteiger charge is 2.32. The highest BCUT2D eigenvalue weighted by molar-refractivity contribution is 5.81. The SMILES string of the molecule is CC(C)(CNC(=O)OCC1c2ccccc2-c2ccccc21)CC(=O)NCC(C)(O)C(=O)O. The first-order valence-corrected chi connectivity index (χ1v) is 10.8. The van der Waals surface area contributed by atoms with Crippen molar-refractivity contribution in [2.75, 3.05) is 19.7 Å². The highest BCUT2D eigenvalue weighted by atomic mass is 16.5. The van der Waals surface area contributed by atoms with E-state index in [1.165, 1.54) is 0 Å². The number of benzene rings is 2. The van der Waals surface area contributed by atoms with Crippen molar-refractivity contribution < 1.29 is 29.3 Å². The number of carbonyl (C=O) groups is 3. The largest absolute Gasteiger partial charge is 0.479 e. The van der Waals surface area contributed by atoms with Crippen LogP contribution in [0.2, 0.25) is 0 Å². The van der Waals surface area contributed by atoms with E-state index < -0.39 is 35.5 Å². The summed E-state index contributed by atoms with van der Waals surface area (Å²) in [6.07, 6.45) is -0.536. The van der Waals surface area contributed by atoms with E-state index in [0.717, 1.165) is 29.2 Å². The van der Waals surface area contributed by atoms with E-state index in [0.29, 0.717) is 0 Å². The Kier molecular flexibility index (Phi) is 7.07. The molecule has 0 saturated carbocycles. The van der Waals surface area contributed by atoms with Crippen molar-refractivity contribution in [2.45, 2.75) is 38.7 Å². The molecular weight excluding hydrogens is 424 g/mol. The van der Waals surface area contributed by atoms with Crippen LogP contribution >= 0.6 is 0 Å². The van der Waals surface area contributed by atoms with Gasteiger partial charge in [-0.25, -0.2) is 9.59 Å². The molecule has 3 rings (SSSR count). The van der Waals surface area contributed by atoms with E-state index in [9.17, 15) is 19.5 Å². The summed E-state index contributed by atoms with van der Waals surface area (Å²) in [5.41, 5.74) is 1.90. The molecule has 0 radical (unpaired) electrons. The molecule has 176 valence electrons. The maximum atomic E-state index is 12.4. The molecule has 0 heterocycles. The van der Waals surface area contributed by atoms with Gasteiger partial charge in [0.05, 0.1) is 6.54 Å². The number of carbonyl (C=O) groups excluding carboxylic acids is 2. The molecule has 33 heavy (non-hydrogen) atoms. The Morgan fingerprint density at radius 1 is 0.909 bits per heavy atom. The maximum Gasteiger partial charge on any atom is 0.407 e. The maximum absolute atomic E-state index is 12.4. The molecule has 1 aliphatic carbocycles. The second-order valence-electron chi connectivity index (χ2n) is 9.38. The first-order chi connectivity index (χ1) is 15.5. The zero-order valence-electron chi connectivity index (χ0n) is 19.1. The number of nitrogens with one attached hydrogen (secondary N) is 2.